The molecule has 0 saturated heterocycles. The quantitative estimate of drug-likeness (QED) is 0.864. The molecule has 2 N–H and O–H groups in total. The summed E-state index contributed by atoms with van der Waals surface area (Å²) in [6.07, 6.45) is 6.38. The number of phenols is 1. The van der Waals surface area contributed by atoms with Crippen molar-refractivity contribution in [2.24, 2.45) is 5.92 Å². The Morgan fingerprint density at radius 3 is 2.33 bits per heavy atom. The molecule has 0 amide bonds. The van der Waals surface area contributed by atoms with Gasteiger partial charge in [0.1, 0.15) is 0 Å². The van der Waals surface area contributed by atoms with Gasteiger partial charge in [-0.15, -0.1) is 0 Å². The normalized spacial score (nSPS) is 17.0. The highest BCUT2D eigenvalue weighted by atomic mass is 19.1. The Morgan fingerprint density at radius 1 is 1.11 bits per heavy atom. The van der Waals surface area contributed by atoms with Crippen molar-refractivity contribution >= 4 is 0 Å². The molecule has 0 unspecified atom stereocenters. The van der Waals surface area contributed by atoms with Gasteiger partial charge in [0.2, 0.25) is 0 Å². The predicted octanol–water partition coefficient (Wildman–Crippen LogP) is 3.34. The van der Waals surface area contributed by atoms with Crippen LogP contribution in [0.3, 0.4) is 0 Å². The minimum absolute atomic E-state index is 0.435. The minimum atomic E-state index is -0.899. The Kier molecular flexibility index (Phi) is 4.53. The summed E-state index contributed by atoms with van der Waals surface area (Å²) in [5.41, 5.74) is 0.526. The molecule has 4 heteroatoms. The summed E-state index contributed by atoms with van der Waals surface area (Å²) >= 11 is 0. The van der Waals surface area contributed by atoms with Gasteiger partial charge in [0.05, 0.1) is 0 Å². The van der Waals surface area contributed by atoms with Crippen molar-refractivity contribution in [3.8, 4) is 5.75 Å². The van der Waals surface area contributed by atoms with E-state index in [1.165, 1.54) is 44.2 Å². The fraction of sp³-hybridized carbons (Fsp3) is 0.571. The number of halogens is 2. The van der Waals surface area contributed by atoms with Crippen LogP contribution in [0.25, 0.3) is 0 Å². The van der Waals surface area contributed by atoms with E-state index < -0.39 is 17.4 Å². The Morgan fingerprint density at radius 2 is 1.72 bits per heavy atom. The van der Waals surface area contributed by atoms with Crippen LogP contribution < -0.4 is 5.32 Å². The maximum absolute atomic E-state index is 13.1. The molecule has 0 aromatic heterocycles. The molecular weight excluding hydrogens is 236 g/mol. The van der Waals surface area contributed by atoms with Gasteiger partial charge in [-0.1, -0.05) is 19.3 Å². The van der Waals surface area contributed by atoms with Crippen molar-refractivity contribution < 1.29 is 13.9 Å². The van der Waals surface area contributed by atoms with Crippen LogP contribution in [0.15, 0.2) is 12.1 Å². The summed E-state index contributed by atoms with van der Waals surface area (Å²) < 4.78 is 26.2. The van der Waals surface area contributed by atoms with Crippen LogP contribution in [0.4, 0.5) is 8.78 Å². The van der Waals surface area contributed by atoms with Crippen LogP contribution >= 0.6 is 0 Å². The summed E-state index contributed by atoms with van der Waals surface area (Å²) in [6, 6.07) is 2.35. The first kappa shape index (κ1) is 13.3. The summed E-state index contributed by atoms with van der Waals surface area (Å²) in [4.78, 5) is 0. The van der Waals surface area contributed by atoms with Crippen LogP contribution in [-0.2, 0) is 6.54 Å². The summed E-state index contributed by atoms with van der Waals surface area (Å²) in [5.74, 6) is -2.01. The van der Waals surface area contributed by atoms with E-state index >= 15 is 0 Å². The van der Waals surface area contributed by atoms with E-state index in [1.54, 1.807) is 0 Å². The number of rotatable bonds is 4. The monoisotopic (exact) mass is 255 g/mol. The smallest absolute Gasteiger partial charge is 0.187 e. The van der Waals surface area contributed by atoms with Crippen LogP contribution in [0, 0.1) is 17.6 Å². The third kappa shape index (κ3) is 3.42. The molecule has 0 radical (unpaired) electrons. The van der Waals surface area contributed by atoms with E-state index in [0.29, 0.717) is 18.0 Å². The number of aromatic hydroxyl groups is 1. The number of nitrogens with one attached hydrogen (secondary N) is 1. The van der Waals surface area contributed by atoms with Crippen LogP contribution in [0.2, 0.25) is 0 Å². The second-order valence-electron chi connectivity index (χ2n) is 5.04. The molecule has 1 aromatic rings. The standard InChI is InChI=1S/C14H19F2NO/c15-12-6-11(7-13(16)14(12)18)9-17-8-10-4-2-1-3-5-10/h6-7,10,17-18H,1-5,8-9H2. The number of phenolic OH excluding ortho intramolecular Hbond substituents is 1. The van der Waals surface area contributed by atoms with E-state index in [2.05, 4.69) is 5.32 Å². The Balaban J connectivity index is 1.82. The minimum Gasteiger partial charge on any atom is -0.503 e. The lowest BCUT2D eigenvalue weighted by Crippen LogP contribution is -2.24. The second kappa shape index (κ2) is 6.14. The Bertz CT molecular complexity index is 380. The topological polar surface area (TPSA) is 32.3 Å². The van der Waals surface area contributed by atoms with Gasteiger partial charge in [0, 0.05) is 6.54 Å². The van der Waals surface area contributed by atoms with Crippen molar-refractivity contribution in [3.63, 3.8) is 0 Å². The van der Waals surface area contributed by atoms with Gasteiger partial charge in [-0.25, -0.2) is 8.78 Å². The van der Waals surface area contributed by atoms with Crippen LogP contribution in [-0.4, -0.2) is 11.7 Å². The maximum Gasteiger partial charge on any atom is 0.187 e. The summed E-state index contributed by atoms with van der Waals surface area (Å²) in [7, 11) is 0. The van der Waals surface area contributed by atoms with E-state index in [1.807, 2.05) is 0 Å². The van der Waals surface area contributed by atoms with Crippen molar-refractivity contribution in [2.75, 3.05) is 6.54 Å². The molecule has 1 aliphatic rings. The molecule has 100 valence electrons. The van der Waals surface area contributed by atoms with Crippen LogP contribution in [0.5, 0.6) is 5.75 Å². The van der Waals surface area contributed by atoms with Gasteiger partial charge in [-0.2, -0.15) is 0 Å². The molecule has 1 saturated carbocycles. The summed E-state index contributed by atoms with van der Waals surface area (Å²) in [5, 5.41) is 12.2. The zero-order valence-corrected chi connectivity index (χ0v) is 10.4. The van der Waals surface area contributed by atoms with Gasteiger partial charge in [-0.3, -0.25) is 0 Å². The number of hydrogen-bond acceptors (Lipinski definition) is 2. The van der Waals surface area contributed by atoms with Crippen molar-refractivity contribution in [2.45, 2.75) is 38.6 Å². The van der Waals surface area contributed by atoms with Gasteiger partial charge in [0.15, 0.2) is 17.4 Å². The van der Waals surface area contributed by atoms with Gasteiger partial charge in [0.25, 0.3) is 0 Å². The molecule has 2 nitrogen and oxygen atoms in total. The first-order valence-corrected chi connectivity index (χ1v) is 6.54. The Labute approximate surface area is 106 Å². The van der Waals surface area contributed by atoms with E-state index in [0.717, 1.165) is 6.54 Å². The summed E-state index contributed by atoms with van der Waals surface area (Å²) in [6.45, 7) is 1.33. The van der Waals surface area contributed by atoms with E-state index in [4.69, 9.17) is 5.11 Å². The van der Waals surface area contributed by atoms with E-state index in [9.17, 15) is 8.78 Å². The zero-order valence-electron chi connectivity index (χ0n) is 10.4. The van der Waals surface area contributed by atoms with Crippen molar-refractivity contribution in [1.29, 1.82) is 0 Å². The zero-order chi connectivity index (χ0) is 13.0. The average Bonchev–Trinajstić information content (AvgIpc) is 2.37. The third-order valence-electron chi connectivity index (χ3n) is 3.56. The highest BCUT2D eigenvalue weighted by molar-refractivity contribution is 5.29. The lowest BCUT2D eigenvalue weighted by molar-refractivity contribution is 0.341. The van der Waals surface area contributed by atoms with Crippen molar-refractivity contribution in [1.82, 2.24) is 5.32 Å². The van der Waals surface area contributed by atoms with Gasteiger partial charge in [-0.05, 0) is 43.0 Å². The average molecular weight is 255 g/mol. The lowest BCUT2D eigenvalue weighted by Gasteiger charge is -2.21. The van der Waals surface area contributed by atoms with Gasteiger partial charge >= 0.3 is 0 Å². The Hall–Kier alpha value is -1.16. The maximum atomic E-state index is 13.1. The molecule has 1 aromatic carbocycles. The molecule has 0 aliphatic heterocycles. The second-order valence-corrected chi connectivity index (χ2v) is 5.04. The lowest BCUT2D eigenvalue weighted by atomic mass is 9.89. The number of benzene rings is 1. The highest BCUT2D eigenvalue weighted by Crippen LogP contribution is 2.23. The first-order chi connectivity index (χ1) is 8.66. The molecular formula is C14H19F2NO. The first-order valence-electron chi connectivity index (χ1n) is 6.54. The molecule has 2 rings (SSSR count). The molecule has 18 heavy (non-hydrogen) atoms. The SMILES string of the molecule is Oc1c(F)cc(CNCC2CCCCC2)cc1F. The molecule has 0 atom stereocenters. The van der Waals surface area contributed by atoms with Crippen LogP contribution in [0.1, 0.15) is 37.7 Å². The molecule has 0 spiro atoms. The molecule has 0 bridgehead atoms. The fourth-order valence-electron chi connectivity index (χ4n) is 2.53. The fourth-order valence-corrected chi connectivity index (χ4v) is 2.53. The number of hydrogen-bond donors (Lipinski definition) is 2. The highest BCUT2D eigenvalue weighted by Gasteiger charge is 2.13. The largest absolute Gasteiger partial charge is 0.503 e. The molecule has 1 fully saturated rings. The third-order valence-corrected chi connectivity index (χ3v) is 3.56. The molecule has 1 aliphatic carbocycles. The predicted molar refractivity (Wildman–Crippen MR) is 66.3 cm³/mol. The van der Waals surface area contributed by atoms with E-state index in [-0.39, 0.29) is 0 Å². The molecule has 0 heterocycles. The van der Waals surface area contributed by atoms with Crippen molar-refractivity contribution in [3.05, 3.63) is 29.3 Å². The van der Waals surface area contributed by atoms with Gasteiger partial charge < -0.3 is 10.4 Å².